The first kappa shape index (κ1) is 22.5. The minimum absolute atomic E-state index is 0.314. The molecule has 2 amide bonds. The maximum atomic E-state index is 14.1. The molecule has 4 aromatic carbocycles. The van der Waals surface area contributed by atoms with Crippen LogP contribution in [-0.2, 0) is 14.4 Å². The molecule has 0 N–H and O–H groups in total. The predicted molar refractivity (Wildman–Crippen MR) is 143 cm³/mol. The molecule has 0 bridgehead atoms. The van der Waals surface area contributed by atoms with Gasteiger partial charge in [0.15, 0.2) is 0 Å². The Morgan fingerprint density at radius 3 is 2.24 bits per heavy atom. The monoisotopic (exact) mass is 501 g/mol. The van der Waals surface area contributed by atoms with Crippen LogP contribution in [-0.4, -0.2) is 24.9 Å². The standard InChI is InChI=1S/C32H23NO5/c1-37-21-14-12-20(13-15-21)33-30(34)27-23(18-7-3-2-4-8-18)17-24-26-22-10-6-5-9-19(22)11-16-25(26)38-32(36)28(24)29(27)31(33)35/h2-17,23,27-29H,1H3/t23-,27+,28-,29+/m1/s1. The fourth-order valence-electron chi connectivity index (χ4n) is 6.32. The van der Waals surface area contributed by atoms with Crippen LogP contribution in [0.3, 0.4) is 0 Å². The zero-order chi connectivity index (χ0) is 26.0. The molecule has 3 aliphatic rings. The van der Waals surface area contributed by atoms with Crippen molar-refractivity contribution in [2.45, 2.75) is 5.92 Å². The summed E-state index contributed by atoms with van der Waals surface area (Å²) in [6, 6.07) is 28.2. The molecule has 0 unspecified atom stereocenters. The molecule has 2 aliphatic heterocycles. The van der Waals surface area contributed by atoms with Gasteiger partial charge in [-0.05, 0) is 52.2 Å². The van der Waals surface area contributed by atoms with Crippen molar-refractivity contribution >= 4 is 39.8 Å². The molecular weight excluding hydrogens is 478 g/mol. The zero-order valence-corrected chi connectivity index (χ0v) is 20.5. The third-order valence-corrected chi connectivity index (χ3v) is 8.00. The molecule has 0 aromatic heterocycles. The van der Waals surface area contributed by atoms with E-state index in [0.29, 0.717) is 17.2 Å². The molecule has 0 radical (unpaired) electrons. The second kappa shape index (κ2) is 8.42. The average molecular weight is 502 g/mol. The van der Waals surface area contributed by atoms with E-state index in [2.05, 4.69) is 0 Å². The highest BCUT2D eigenvalue weighted by Gasteiger charge is 2.60. The molecule has 1 aliphatic carbocycles. The normalized spacial score (nSPS) is 23.9. The SMILES string of the molecule is COc1ccc(N2C(=O)[C@@H]3[C@@H]4C(=O)Oc5ccc6ccccc6c5C4=C[C@H](c4ccccc4)[C@@H]3C2=O)cc1. The van der Waals surface area contributed by atoms with E-state index in [-0.39, 0.29) is 17.7 Å². The lowest BCUT2D eigenvalue weighted by atomic mass is 9.64. The highest BCUT2D eigenvalue weighted by Crippen LogP contribution is 2.55. The Labute approximate surface area is 219 Å². The Morgan fingerprint density at radius 2 is 1.47 bits per heavy atom. The Hall–Kier alpha value is -4.71. The van der Waals surface area contributed by atoms with E-state index in [0.717, 1.165) is 27.5 Å². The zero-order valence-electron chi connectivity index (χ0n) is 20.5. The number of allylic oxidation sites excluding steroid dienone is 1. The fraction of sp³-hybridized carbons (Fsp3) is 0.156. The fourth-order valence-corrected chi connectivity index (χ4v) is 6.32. The number of hydrogen-bond donors (Lipinski definition) is 0. The molecular formula is C32H23NO5. The highest BCUT2D eigenvalue weighted by molar-refractivity contribution is 6.25. The van der Waals surface area contributed by atoms with Crippen molar-refractivity contribution in [2.24, 2.45) is 17.8 Å². The first-order chi connectivity index (χ1) is 18.6. The number of fused-ring (bicyclic) bond motifs is 7. The van der Waals surface area contributed by atoms with Crippen molar-refractivity contribution in [3.63, 3.8) is 0 Å². The van der Waals surface area contributed by atoms with Gasteiger partial charge in [0.1, 0.15) is 11.5 Å². The second-order valence-corrected chi connectivity index (χ2v) is 9.88. The highest BCUT2D eigenvalue weighted by atomic mass is 16.5. The van der Waals surface area contributed by atoms with Crippen molar-refractivity contribution in [1.29, 1.82) is 0 Å². The van der Waals surface area contributed by atoms with Gasteiger partial charge in [-0.25, -0.2) is 4.90 Å². The van der Waals surface area contributed by atoms with Gasteiger partial charge in [0.05, 0.1) is 30.6 Å². The van der Waals surface area contributed by atoms with Crippen molar-refractivity contribution in [2.75, 3.05) is 12.0 Å². The molecule has 1 saturated heterocycles. The van der Waals surface area contributed by atoms with Crippen LogP contribution in [0.25, 0.3) is 16.3 Å². The number of hydrogen-bond acceptors (Lipinski definition) is 5. The Balaban J connectivity index is 1.45. The van der Waals surface area contributed by atoms with Gasteiger partial charge in [-0.15, -0.1) is 0 Å². The van der Waals surface area contributed by atoms with Gasteiger partial charge in [0.25, 0.3) is 0 Å². The number of amides is 2. The minimum Gasteiger partial charge on any atom is -0.497 e. The summed E-state index contributed by atoms with van der Waals surface area (Å²) in [6.45, 7) is 0. The molecule has 2 heterocycles. The van der Waals surface area contributed by atoms with Gasteiger partial charge in [-0.2, -0.15) is 0 Å². The van der Waals surface area contributed by atoms with E-state index in [1.807, 2.05) is 72.8 Å². The van der Waals surface area contributed by atoms with Crippen molar-refractivity contribution in [3.05, 3.63) is 108 Å². The van der Waals surface area contributed by atoms with Crippen LogP contribution in [0.5, 0.6) is 11.5 Å². The van der Waals surface area contributed by atoms with Crippen LogP contribution in [0.1, 0.15) is 17.0 Å². The van der Waals surface area contributed by atoms with E-state index < -0.39 is 23.7 Å². The first-order valence-corrected chi connectivity index (χ1v) is 12.6. The summed E-state index contributed by atoms with van der Waals surface area (Å²) in [7, 11) is 1.56. The van der Waals surface area contributed by atoms with E-state index in [4.69, 9.17) is 9.47 Å². The topological polar surface area (TPSA) is 72.9 Å². The molecule has 6 nitrogen and oxygen atoms in total. The first-order valence-electron chi connectivity index (χ1n) is 12.6. The number of esters is 1. The maximum Gasteiger partial charge on any atom is 0.319 e. The van der Waals surface area contributed by atoms with Crippen LogP contribution in [0, 0.1) is 17.8 Å². The average Bonchev–Trinajstić information content (AvgIpc) is 3.22. The number of anilines is 1. The van der Waals surface area contributed by atoms with E-state index >= 15 is 0 Å². The molecule has 4 aromatic rings. The quantitative estimate of drug-likeness (QED) is 0.214. The number of ether oxygens (including phenoxy) is 2. The van der Waals surface area contributed by atoms with E-state index in [9.17, 15) is 14.4 Å². The summed E-state index contributed by atoms with van der Waals surface area (Å²) in [5.74, 6) is -2.98. The molecule has 38 heavy (non-hydrogen) atoms. The Bertz CT molecular complexity index is 1660. The largest absolute Gasteiger partial charge is 0.497 e. The summed E-state index contributed by atoms with van der Waals surface area (Å²) in [6.07, 6.45) is 2.02. The molecule has 0 spiro atoms. The van der Waals surface area contributed by atoms with Crippen LogP contribution in [0.4, 0.5) is 5.69 Å². The smallest absolute Gasteiger partial charge is 0.319 e. The molecule has 7 rings (SSSR count). The van der Waals surface area contributed by atoms with Gasteiger partial charge in [-0.3, -0.25) is 14.4 Å². The van der Waals surface area contributed by atoms with Crippen LogP contribution >= 0.6 is 0 Å². The van der Waals surface area contributed by atoms with Crippen LogP contribution in [0.2, 0.25) is 0 Å². The van der Waals surface area contributed by atoms with E-state index in [1.165, 1.54) is 4.90 Å². The molecule has 186 valence electrons. The summed E-state index contributed by atoms with van der Waals surface area (Å²) in [5, 5.41) is 1.96. The number of rotatable bonds is 3. The van der Waals surface area contributed by atoms with Crippen molar-refractivity contribution in [3.8, 4) is 11.5 Å². The Kier molecular flexibility index (Phi) is 4.98. The summed E-state index contributed by atoms with van der Waals surface area (Å²) in [5.41, 5.74) is 2.95. The molecule has 1 fully saturated rings. The molecule has 4 atom stereocenters. The van der Waals surface area contributed by atoms with Crippen LogP contribution in [0.15, 0.2) is 97.1 Å². The minimum atomic E-state index is -0.880. The van der Waals surface area contributed by atoms with Gasteiger partial charge < -0.3 is 9.47 Å². The number of benzene rings is 4. The number of methoxy groups -OCH3 is 1. The number of imide groups is 1. The Morgan fingerprint density at radius 1 is 0.763 bits per heavy atom. The summed E-state index contributed by atoms with van der Waals surface area (Å²) >= 11 is 0. The summed E-state index contributed by atoms with van der Waals surface area (Å²) in [4.78, 5) is 42.9. The van der Waals surface area contributed by atoms with Gasteiger partial charge >= 0.3 is 5.97 Å². The lowest BCUT2D eigenvalue weighted by molar-refractivity contribution is -0.142. The number of carbonyl (C=O) groups excluding carboxylic acids is 3. The predicted octanol–water partition coefficient (Wildman–Crippen LogP) is 5.37. The third kappa shape index (κ3) is 3.16. The number of nitrogens with zero attached hydrogens (tertiary/aromatic N) is 1. The maximum absolute atomic E-state index is 14.1. The van der Waals surface area contributed by atoms with Crippen LogP contribution < -0.4 is 14.4 Å². The third-order valence-electron chi connectivity index (χ3n) is 8.00. The van der Waals surface area contributed by atoms with Crippen molar-refractivity contribution in [1.82, 2.24) is 0 Å². The van der Waals surface area contributed by atoms with Gasteiger partial charge in [-0.1, -0.05) is 66.7 Å². The molecule has 6 heteroatoms. The second-order valence-electron chi connectivity index (χ2n) is 9.88. The summed E-state index contributed by atoms with van der Waals surface area (Å²) < 4.78 is 11.1. The van der Waals surface area contributed by atoms with Gasteiger partial charge in [0, 0.05) is 11.5 Å². The van der Waals surface area contributed by atoms with E-state index in [1.54, 1.807) is 31.4 Å². The lowest BCUT2D eigenvalue weighted by Crippen LogP contribution is -2.42. The lowest BCUT2D eigenvalue weighted by Gasteiger charge is -2.38. The molecule has 0 saturated carbocycles. The van der Waals surface area contributed by atoms with Crippen molar-refractivity contribution < 1.29 is 23.9 Å². The number of carbonyl (C=O) groups is 3. The van der Waals surface area contributed by atoms with Gasteiger partial charge in [0.2, 0.25) is 11.8 Å².